The van der Waals surface area contributed by atoms with Gasteiger partial charge in [0.05, 0.1) is 12.0 Å². The Kier molecular flexibility index (Phi) is 3.20. The van der Waals surface area contributed by atoms with Crippen LogP contribution in [0.15, 0.2) is 17.8 Å². The molecule has 90 valence electrons. The minimum atomic E-state index is 0.724. The molecule has 1 aliphatic rings. The Morgan fingerprint density at radius 3 is 3.35 bits per heavy atom. The Labute approximate surface area is 104 Å². The standard InChI is InChI=1S/C12H15N3OS/c1-4-13-7-9(1)2-5-16-11-10-3-6-17-12(10)15-8-14-11/h3,6,8-9,13H,1-2,4-5,7H2. The average Bonchev–Trinajstić information content (AvgIpc) is 2.99. The fourth-order valence-electron chi connectivity index (χ4n) is 2.17. The average molecular weight is 249 g/mol. The van der Waals surface area contributed by atoms with E-state index in [1.807, 2.05) is 11.4 Å². The number of nitrogens with one attached hydrogen (secondary N) is 1. The van der Waals surface area contributed by atoms with Crippen molar-refractivity contribution in [2.24, 2.45) is 5.92 Å². The van der Waals surface area contributed by atoms with Gasteiger partial charge in [0.25, 0.3) is 0 Å². The zero-order valence-electron chi connectivity index (χ0n) is 9.56. The molecule has 0 radical (unpaired) electrons. The van der Waals surface area contributed by atoms with Gasteiger partial charge >= 0.3 is 0 Å². The number of nitrogens with zero attached hydrogens (tertiary/aromatic N) is 2. The third-order valence-electron chi connectivity index (χ3n) is 3.15. The molecule has 1 N–H and O–H groups in total. The van der Waals surface area contributed by atoms with Gasteiger partial charge in [-0.2, -0.15) is 0 Å². The normalized spacial score (nSPS) is 19.9. The molecule has 17 heavy (non-hydrogen) atoms. The topological polar surface area (TPSA) is 47.0 Å². The minimum absolute atomic E-state index is 0.724. The molecule has 0 aromatic carbocycles. The molecule has 1 fully saturated rings. The molecule has 5 heteroatoms. The van der Waals surface area contributed by atoms with E-state index in [1.54, 1.807) is 17.7 Å². The van der Waals surface area contributed by atoms with Gasteiger partial charge in [-0.05, 0) is 43.3 Å². The molecule has 0 saturated carbocycles. The van der Waals surface area contributed by atoms with E-state index in [4.69, 9.17) is 4.74 Å². The quantitative estimate of drug-likeness (QED) is 0.901. The van der Waals surface area contributed by atoms with E-state index < -0.39 is 0 Å². The number of hydrogen-bond donors (Lipinski definition) is 1. The summed E-state index contributed by atoms with van der Waals surface area (Å²) < 4.78 is 5.77. The van der Waals surface area contributed by atoms with Gasteiger partial charge in [0.1, 0.15) is 11.2 Å². The van der Waals surface area contributed by atoms with E-state index in [2.05, 4.69) is 15.3 Å². The lowest BCUT2D eigenvalue weighted by Crippen LogP contribution is -2.12. The van der Waals surface area contributed by atoms with Crippen LogP contribution in [0.3, 0.4) is 0 Å². The van der Waals surface area contributed by atoms with Gasteiger partial charge in [0.2, 0.25) is 5.88 Å². The lowest BCUT2D eigenvalue weighted by Gasteiger charge is -2.09. The summed E-state index contributed by atoms with van der Waals surface area (Å²) in [5.74, 6) is 1.48. The van der Waals surface area contributed by atoms with Crippen LogP contribution < -0.4 is 10.1 Å². The Bertz CT molecular complexity index is 493. The fraction of sp³-hybridized carbons (Fsp3) is 0.500. The molecule has 0 amide bonds. The van der Waals surface area contributed by atoms with Crippen LogP contribution in [0.4, 0.5) is 0 Å². The predicted octanol–water partition coefficient (Wildman–Crippen LogP) is 2.07. The Morgan fingerprint density at radius 1 is 1.47 bits per heavy atom. The van der Waals surface area contributed by atoms with Crippen molar-refractivity contribution in [2.45, 2.75) is 12.8 Å². The summed E-state index contributed by atoms with van der Waals surface area (Å²) in [6.45, 7) is 3.02. The number of rotatable bonds is 4. The van der Waals surface area contributed by atoms with Crippen molar-refractivity contribution in [3.8, 4) is 5.88 Å². The van der Waals surface area contributed by atoms with Gasteiger partial charge in [-0.15, -0.1) is 11.3 Å². The van der Waals surface area contributed by atoms with Gasteiger partial charge in [0, 0.05) is 0 Å². The molecule has 1 aliphatic heterocycles. The highest BCUT2D eigenvalue weighted by Crippen LogP contribution is 2.25. The molecule has 1 unspecified atom stereocenters. The zero-order valence-corrected chi connectivity index (χ0v) is 10.4. The first-order valence-electron chi connectivity index (χ1n) is 5.95. The van der Waals surface area contributed by atoms with Crippen molar-refractivity contribution in [1.29, 1.82) is 0 Å². The third-order valence-corrected chi connectivity index (χ3v) is 3.97. The number of aromatic nitrogens is 2. The van der Waals surface area contributed by atoms with Crippen molar-refractivity contribution in [3.63, 3.8) is 0 Å². The lowest BCUT2D eigenvalue weighted by molar-refractivity contribution is 0.277. The van der Waals surface area contributed by atoms with Gasteiger partial charge < -0.3 is 10.1 Å². The maximum absolute atomic E-state index is 5.77. The fourth-order valence-corrected chi connectivity index (χ4v) is 2.89. The van der Waals surface area contributed by atoms with E-state index >= 15 is 0 Å². The van der Waals surface area contributed by atoms with Crippen LogP contribution in [0.5, 0.6) is 5.88 Å². The molecule has 2 aromatic rings. The lowest BCUT2D eigenvalue weighted by atomic mass is 10.1. The largest absolute Gasteiger partial charge is 0.477 e. The Balaban J connectivity index is 1.62. The van der Waals surface area contributed by atoms with Crippen LogP contribution >= 0.6 is 11.3 Å². The molecule has 0 aliphatic carbocycles. The van der Waals surface area contributed by atoms with Gasteiger partial charge in [0.15, 0.2) is 0 Å². The molecular weight excluding hydrogens is 234 g/mol. The summed E-state index contributed by atoms with van der Waals surface area (Å²) in [6.07, 6.45) is 3.94. The van der Waals surface area contributed by atoms with Gasteiger partial charge in [-0.3, -0.25) is 0 Å². The van der Waals surface area contributed by atoms with Gasteiger partial charge in [-0.1, -0.05) is 0 Å². The molecule has 3 rings (SSSR count). The smallest absolute Gasteiger partial charge is 0.225 e. The molecule has 4 nitrogen and oxygen atoms in total. The molecule has 2 aromatic heterocycles. The number of fused-ring (bicyclic) bond motifs is 1. The van der Waals surface area contributed by atoms with Crippen LogP contribution in [-0.4, -0.2) is 29.7 Å². The van der Waals surface area contributed by atoms with Gasteiger partial charge in [-0.25, -0.2) is 9.97 Å². The molecule has 1 saturated heterocycles. The molecule has 3 heterocycles. The Hall–Kier alpha value is -1.20. The number of hydrogen-bond acceptors (Lipinski definition) is 5. The molecule has 1 atom stereocenters. The van der Waals surface area contributed by atoms with Crippen molar-refractivity contribution >= 4 is 21.6 Å². The summed E-state index contributed by atoms with van der Waals surface area (Å²) in [5.41, 5.74) is 0. The number of thiophene rings is 1. The first-order valence-corrected chi connectivity index (χ1v) is 6.83. The summed E-state index contributed by atoms with van der Waals surface area (Å²) in [7, 11) is 0. The van der Waals surface area contributed by atoms with E-state index in [9.17, 15) is 0 Å². The van der Waals surface area contributed by atoms with E-state index in [-0.39, 0.29) is 0 Å². The molecule has 0 spiro atoms. The SMILES string of the molecule is c1nc(OCCC2CCNC2)c2ccsc2n1. The summed E-state index contributed by atoms with van der Waals surface area (Å²) in [4.78, 5) is 9.40. The number of ether oxygens (including phenoxy) is 1. The molecular formula is C12H15N3OS. The third kappa shape index (κ3) is 2.40. The molecule has 0 bridgehead atoms. The summed E-state index contributed by atoms with van der Waals surface area (Å²) in [6, 6.07) is 2.02. The second-order valence-corrected chi connectivity index (χ2v) is 5.21. The van der Waals surface area contributed by atoms with Crippen LogP contribution in [0, 0.1) is 5.92 Å². The van der Waals surface area contributed by atoms with Crippen molar-refractivity contribution in [3.05, 3.63) is 17.8 Å². The summed E-state index contributed by atoms with van der Waals surface area (Å²) >= 11 is 1.62. The van der Waals surface area contributed by atoms with Crippen molar-refractivity contribution in [1.82, 2.24) is 15.3 Å². The summed E-state index contributed by atoms with van der Waals surface area (Å²) in [5, 5.41) is 6.42. The van der Waals surface area contributed by atoms with Crippen LogP contribution in [-0.2, 0) is 0 Å². The minimum Gasteiger partial charge on any atom is -0.477 e. The van der Waals surface area contributed by atoms with E-state index in [1.165, 1.54) is 6.42 Å². The van der Waals surface area contributed by atoms with Crippen LogP contribution in [0.2, 0.25) is 0 Å². The maximum Gasteiger partial charge on any atom is 0.225 e. The highest BCUT2D eigenvalue weighted by molar-refractivity contribution is 7.16. The highest BCUT2D eigenvalue weighted by Gasteiger charge is 2.14. The highest BCUT2D eigenvalue weighted by atomic mass is 32.1. The van der Waals surface area contributed by atoms with Crippen LogP contribution in [0.1, 0.15) is 12.8 Å². The van der Waals surface area contributed by atoms with E-state index in [0.29, 0.717) is 0 Å². The monoisotopic (exact) mass is 249 g/mol. The van der Waals surface area contributed by atoms with Crippen LogP contribution in [0.25, 0.3) is 10.2 Å². The van der Waals surface area contributed by atoms with E-state index in [0.717, 1.165) is 48.1 Å². The second-order valence-electron chi connectivity index (χ2n) is 4.31. The maximum atomic E-state index is 5.77. The van der Waals surface area contributed by atoms with Crippen molar-refractivity contribution in [2.75, 3.05) is 19.7 Å². The predicted molar refractivity (Wildman–Crippen MR) is 68.5 cm³/mol. The zero-order chi connectivity index (χ0) is 11.5. The first-order chi connectivity index (χ1) is 8.43. The Morgan fingerprint density at radius 2 is 2.47 bits per heavy atom. The van der Waals surface area contributed by atoms with Crippen molar-refractivity contribution < 1.29 is 4.74 Å². The first kappa shape index (κ1) is 10.9. The second kappa shape index (κ2) is 4.98.